The molecule has 2 fully saturated rings. The van der Waals surface area contributed by atoms with E-state index >= 15 is 0 Å². The normalized spacial score (nSPS) is 21.6. The summed E-state index contributed by atoms with van der Waals surface area (Å²) in [5.41, 5.74) is 1.17. The maximum absolute atomic E-state index is 4.80. The quantitative estimate of drug-likeness (QED) is 0.371. The predicted octanol–water partition coefficient (Wildman–Crippen LogP) is 2.65. The third-order valence-electron chi connectivity index (χ3n) is 4.57. The average molecular weight is 463 g/mol. The van der Waals surface area contributed by atoms with Crippen molar-refractivity contribution >= 4 is 41.3 Å². The lowest BCUT2D eigenvalue weighted by Crippen LogP contribution is -2.38. The molecule has 136 valence electrons. The smallest absolute Gasteiger partial charge is 0.191 e. The zero-order chi connectivity index (χ0) is 16.1. The molecule has 1 unspecified atom stereocenters. The first kappa shape index (κ1) is 19.9. The van der Waals surface area contributed by atoms with E-state index in [0.29, 0.717) is 0 Å². The lowest BCUT2D eigenvalue weighted by molar-refractivity contribution is 0.315. The van der Waals surface area contributed by atoms with Gasteiger partial charge in [0.15, 0.2) is 5.96 Å². The van der Waals surface area contributed by atoms with Gasteiger partial charge in [0.25, 0.3) is 0 Å². The molecule has 2 N–H and O–H groups in total. The van der Waals surface area contributed by atoms with Gasteiger partial charge < -0.3 is 15.5 Å². The lowest BCUT2D eigenvalue weighted by Gasteiger charge is -2.15. The molecule has 1 aliphatic heterocycles. The minimum atomic E-state index is 0. The standard InChI is InChI=1S/C17H29N5S.HI/c1-3-18-17(19-8-6-15-12-23-13(2)21-15)20-10-14-7-9-22(11-14)16-4-5-16;/h12,14,16H,3-11H2,1-2H3,(H2,18,19,20);1H. The van der Waals surface area contributed by atoms with Crippen LogP contribution >= 0.6 is 35.3 Å². The number of nitrogens with zero attached hydrogens (tertiary/aromatic N) is 3. The van der Waals surface area contributed by atoms with Crippen molar-refractivity contribution in [3.63, 3.8) is 0 Å². The van der Waals surface area contributed by atoms with E-state index in [4.69, 9.17) is 4.99 Å². The summed E-state index contributed by atoms with van der Waals surface area (Å²) in [5.74, 6) is 1.68. The zero-order valence-electron chi connectivity index (χ0n) is 14.8. The fraction of sp³-hybridized carbons (Fsp3) is 0.765. The summed E-state index contributed by atoms with van der Waals surface area (Å²) in [5, 5.41) is 10.1. The Morgan fingerprint density at radius 2 is 2.21 bits per heavy atom. The van der Waals surface area contributed by atoms with Gasteiger partial charge in [0.2, 0.25) is 0 Å². The number of hydrogen-bond donors (Lipinski definition) is 2. The van der Waals surface area contributed by atoms with E-state index in [-0.39, 0.29) is 24.0 Å². The number of aromatic nitrogens is 1. The van der Waals surface area contributed by atoms with Crippen molar-refractivity contribution in [2.45, 2.75) is 45.6 Å². The van der Waals surface area contributed by atoms with E-state index < -0.39 is 0 Å². The lowest BCUT2D eigenvalue weighted by atomic mass is 10.1. The van der Waals surface area contributed by atoms with E-state index in [9.17, 15) is 0 Å². The third kappa shape index (κ3) is 6.15. The molecule has 2 aliphatic rings. The predicted molar refractivity (Wildman–Crippen MR) is 113 cm³/mol. The Kier molecular flexibility index (Phi) is 8.22. The summed E-state index contributed by atoms with van der Waals surface area (Å²) < 4.78 is 0. The molecule has 0 spiro atoms. The Balaban J connectivity index is 0.00000208. The van der Waals surface area contributed by atoms with Crippen molar-refractivity contribution in [3.8, 4) is 0 Å². The molecule has 0 radical (unpaired) electrons. The molecule has 0 aromatic carbocycles. The fourth-order valence-corrected chi connectivity index (χ4v) is 3.82. The Hall–Kier alpha value is -0.410. The van der Waals surface area contributed by atoms with Crippen LogP contribution in [0.4, 0.5) is 0 Å². The van der Waals surface area contributed by atoms with Gasteiger partial charge in [-0.25, -0.2) is 4.98 Å². The van der Waals surface area contributed by atoms with Crippen LogP contribution in [0.2, 0.25) is 0 Å². The Labute approximate surface area is 166 Å². The molecule has 1 saturated carbocycles. The molecule has 7 heteroatoms. The topological polar surface area (TPSA) is 52.6 Å². The number of rotatable bonds is 7. The summed E-state index contributed by atoms with van der Waals surface area (Å²) in [6.45, 7) is 9.41. The molecule has 24 heavy (non-hydrogen) atoms. The van der Waals surface area contributed by atoms with Crippen molar-refractivity contribution in [3.05, 3.63) is 16.1 Å². The van der Waals surface area contributed by atoms with E-state index in [0.717, 1.165) is 49.0 Å². The van der Waals surface area contributed by atoms with E-state index in [1.54, 1.807) is 11.3 Å². The van der Waals surface area contributed by atoms with Gasteiger partial charge in [-0.05, 0) is 45.6 Å². The highest BCUT2D eigenvalue weighted by Crippen LogP contribution is 2.31. The maximum Gasteiger partial charge on any atom is 0.191 e. The minimum Gasteiger partial charge on any atom is -0.357 e. The second-order valence-corrected chi connectivity index (χ2v) is 7.70. The zero-order valence-corrected chi connectivity index (χ0v) is 17.9. The average Bonchev–Trinajstić information content (AvgIpc) is 3.14. The minimum absolute atomic E-state index is 0. The van der Waals surface area contributed by atoms with Crippen LogP contribution in [0.3, 0.4) is 0 Å². The van der Waals surface area contributed by atoms with Gasteiger partial charge in [0.1, 0.15) is 0 Å². The van der Waals surface area contributed by atoms with Gasteiger partial charge in [-0.3, -0.25) is 4.99 Å². The molecule has 2 heterocycles. The Bertz CT molecular complexity index is 529. The summed E-state index contributed by atoms with van der Waals surface area (Å²) in [4.78, 5) is 12.0. The summed E-state index contributed by atoms with van der Waals surface area (Å²) >= 11 is 1.72. The number of likely N-dealkylation sites (tertiary alicyclic amines) is 1. The first-order chi connectivity index (χ1) is 11.2. The molecule has 0 amide bonds. The van der Waals surface area contributed by atoms with Crippen LogP contribution in [0.5, 0.6) is 0 Å². The molecule has 0 bridgehead atoms. The first-order valence-electron chi connectivity index (χ1n) is 8.92. The van der Waals surface area contributed by atoms with Gasteiger partial charge in [-0.1, -0.05) is 0 Å². The van der Waals surface area contributed by atoms with Crippen molar-refractivity contribution < 1.29 is 0 Å². The van der Waals surface area contributed by atoms with Crippen molar-refractivity contribution in [1.29, 1.82) is 0 Å². The van der Waals surface area contributed by atoms with Crippen molar-refractivity contribution in [2.24, 2.45) is 10.9 Å². The summed E-state index contributed by atoms with van der Waals surface area (Å²) in [6.07, 6.45) is 5.08. The number of nitrogens with one attached hydrogen (secondary N) is 2. The summed E-state index contributed by atoms with van der Waals surface area (Å²) in [6, 6.07) is 0.900. The number of guanidine groups is 1. The highest BCUT2D eigenvalue weighted by Gasteiger charge is 2.34. The van der Waals surface area contributed by atoms with Gasteiger partial charge in [-0.15, -0.1) is 35.3 Å². The van der Waals surface area contributed by atoms with Crippen molar-refractivity contribution in [1.82, 2.24) is 20.5 Å². The van der Waals surface area contributed by atoms with Crippen LogP contribution in [0, 0.1) is 12.8 Å². The monoisotopic (exact) mass is 463 g/mol. The van der Waals surface area contributed by atoms with Gasteiger partial charge in [-0.2, -0.15) is 0 Å². The maximum atomic E-state index is 4.80. The Morgan fingerprint density at radius 1 is 1.38 bits per heavy atom. The Morgan fingerprint density at radius 3 is 2.88 bits per heavy atom. The molecule has 5 nitrogen and oxygen atoms in total. The van der Waals surface area contributed by atoms with Crippen LogP contribution in [0.15, 0.2) is 10.4 Å². The van der Waals surface area contributed by atoms with Gasteiger partial charge in [0, 0.05) is 44.0 Å². The largest absolute Gasteiger partial charge is 0.357 e. The highest BCUT2D eigenvalue weighted by molar-refractivity contribution is 14.0. The number of thiazole rings is 1. The number of aryl methyl sites for hydroxylation is 1. The highest BCUT2D eigenvalue weighted by atomic mass is 127. The second kappa shape index (κ2) is 9.91. The molecule has 1 saturated heterocycles. The third-order valence-corrected chi connectivity index (χ3v) is 5.39. The number of hydrogen-bond acceptors (Lipinski definition) is 4. The number of aliphatic imine (C=N–C) groups is 1. The van der Waals surface area contributed by atoms with Crippen LogP contribution in [-0.2, 0) is 6.42 Å². The SMILES string of the molecule is CCNC(=NCC1CCN(C2CC2)C1)NCCc1csc(C)n1.I. The molecule has 3 rings (SSSR count). The van der Waals surface area contributed by atoms with Gasteiger partial charge in [0.05, 0.1) is 10.7 Å². The molecule has 1 aromatic rings. The van der Waals surface area contributed by atoms with Crippen LogP contribution < -0.4 is 10.6 Å². The van der Waals surface area contributed by atoms with Crippen LogP contribution in [-0.4, -0.2) is 54.6 Å². The molecule has 1 atom stereocenters. The van der Waals surface area contributed by atoms with Gasteiger partial charge >= 0.3 is 0 Å². The van der Waals surface area contributed by atoms with E-state index in [2.05, 4.69) is 39.7 Å². The van der Waals surface area contributed by atoms with Crippen LogP contribution in [0.25, 0.3) is 0 Å². The molecule has 1 aliphatic carbocycles. The van der Waals surface area contributed by atoms with E-state index in [1.165, 1.54) is 38.0 Å². The second-order valence-electron chi connectivity index (χ2n) is 6.64. The summed E-state index contributed by atoms with van der Waals surface area (Å²) in [7, 11) is 0. The number of halogens is 1. The fourth-order valence-electron chi connectivity index (χ4n) is 3.18. The first-order valence-corrected chi connectivity index (χ1v) is 9.79. The van der Waals surface area contributed by atoms with Crippen molar-refractivity contribution in [2.75, 3.05) is 32.7 Å². The molecular formula is C17H30IN5S. The van der Waals surface area contributed by atoms with E-state index in [1.807, 2.05) is 0 Å². The molecular weight excluding hydrogens is 433 g/mol. The molecule has 1 aromatic heterocycles. The van der Waals surface area contributed by atoms with Crippen LogP contribution in [0.1, 0.15) is 36.9 Å².